The lowest BCUT2D eigenvalue weighted by Crippen LogP contribution is -2.37. The number of benzene rings is 1. The van der Waals surface area contributed by atoms with Gasteiger partial charge in [0.2, 0.25) is 0 Å². The molecule has 1 aromatic rings. The van der Waals surface area contributed by atoms with E-state index in [1.165, 1.54) is 11.1 Å². The van der Waals surface area contributed by atoms with Crippen LogP contribution in [-0.2, 0) is 13.0 Å². The van der Waals surface area contributed by atoms with Crippen molar-refractivity contribution in [2.75, 3.05) is 19.7 Å². The molecule has 0 saturated heterocycles. The fourth-order valence-corrected chi connectivity index (χ4v) is 2.30. The van der Waals surface area contributed by atoms with Gasteiger partial charge in [-0.05, 0) is 36.6 Å². The first kappa shape index (κ1) is 14.4. The molecule has 1 aromatic carbocycles. The van der Waals surface area contributed by atoms with Gasteiger partial charge in [-0.25, -0.2) is 0 Å². The van der Waals surface area contributed by atoms with Gasteiger partial charge in [0, 0.05) is 25.6 Å². The van der Waals surface area contributed by atoms with Crippen molar-refractivity contribution in [2.24, 2.45) is 5.92 Å². The molecule has 0 amide bonds. The third-order valence-corrected chi connectivity index (χ3v) is 3.41. The summed E-state index contributed by atoms with van der Waals surface area (Å²) in [6.45, 7) is 10.6. The standard InChI is InChI=1S/C16H26N2O/c1-12(2)9-17-10-13(3)18-11-14-4-5-16-15(8-14)6-7-19-16/h4-5,8,12-13,17-18H,6-7,9-11H2,1-3H3. The highest BCUT2D eigenvalue weighted by atomic mass is 16.5. The Balaban J connectivity index is 1.73. The maximum Gasteiger partial charge on any atom is 0.122 e. The number of hydrogen-bond donors (Lipinski definition) is 2. The molecule has 3 nitrogen and oxygen atoms in total. The van der Waals surface area contributed by atoms with Crippen LogP contribution in [0.15, 0.2) is 18.2 Å². The lowest BCUT2D eigenvalue weighted by Gasteiger charge is -2.16. The monoisotopic (exact) mass is 262 g/mol. The van der Waals surface area contributed by atoms with Crippen LogP contribution in [0, 0.1) is 5.92 Å². The third kappa shape index (κ3) is 4.51. The number of hydrogen-bond acceptors (Lipinski definition) is 3. The van der Waals surface area contributed by atoms with E-state index >= 15 is 0 Å². The van der Waals surface area contributed by atoms with Gasteiger partial charge in [-0.3, -0.25) is 0 Å². The molecule has 0 spiro atoms. The molecule has 0 fully saturated rings. The van der Waals surface area contributed by atoms with Gasteiger partial charge in [-0.15, -0.1) is 0 Å². The zero-order chi connectivity index (χ0) is 13.7. The quantitative estimate of drug-likeness (QED) is 0.791. The minimum atomic E-state index is 0.489. The highest BCUT2D eigenvalue weighted by Crippen LogP contribution is 2.25. The molecule has 3 heteroatoms. The normalized spacial score (nSPS) is 15.4. The number of ether oxygens (including phenoxy) is 1. The summed E-state index contributed by atoms with van der Waals surface area (Å²) in [5, 5.41) is 7.04. The van der Waals surface area contributed by atoms with Crippen molar-refractivity contribution < 1.29 is 4.74 Å². The smallest absolute Gasteiger partial charge is 0.122 e. The Hall–Kier alpha value is -1.06. The van der Waals surface area contributed by atoms with Gasteiger partial charge < -0.3 is 15.4 Å². The molecule has 2 rings (SSSR count). The molecular formula is C16H26N2O. The molecule has 0 saturated carbocycles. The molecule has 1 heterocycles. The van der Waals surface area contributed by atoms with Gasteiger partial charge in [-0.1, -0.05) is 26.0 Å². The average molecular weight is 262 g/mol. The topological polar surface area (TPSA) is 33.3 Å². The fraction of sp³-hybridized carbons (Fsp3) is 0.625. The summed E-state index contributed by atoms with van der Waals surface area (Å²) in [5.41, 5.74) is 2.70. The van der Waals surface area contributed by atoms with Crippen molar-refractivity contribution in [3.63, 3.8) is 0 Å². The Morgan fingerprint density at radius 1 is 1.21 bits per heavy atom. The van der Waals surface area contributed by atoms with Crippen molar-refractivity contribution in [1.82, 2.24) is 10.6 Å². The van der Waals surface area contributed by atoms with Crippen LogP contribution in [0.1, 0.15) is 31.9 Å². The van der Waals surface area contributed by atoms with Crippen LogP contribution in [0.2, 0.25) is 0 Å². The number of rotatable bonds is 7. The molecule has 106 valence electrons. The van der Waals surface area contributed by atoms with Crippen LogP contribution in [0.25, 0.3) is 0 Å². The highest BCUT2D eigenvalue weighted by molar-refractivity contribution is 5.39. The lowest BCUT2D eigenvalue weighted by atomic mass is 10.1. The second-order valence-corrected chi connectivity index (χ2v) is 5.87. The van der Waals surface area contributed by atoms with Crippen molar-refractivity contribution in [3.8, 4) is 5.75 Å². The summed E-state index contributed by atoms with van der Waals surface area (Å²) in [7, 11) is 0. The van der Waals surface area contributed by atoms with Crippen molar-refractivity contribution in [3.05, 3.63) is 29.3 Å². The van der Waals surface area contributed by atoms with Gasteiger partial charge in [0.25, 0.3) is 0 Å². The van der Waals surface area contributed by atoms with Crippen LogP contribution >= 0.6 is 0 Å². The molecule has 1 unspecified atom stereocenters. The molecule has 1 aliphatic rings. The van der Waals surface area contributed by atoms with E-state index < -0.39 is 0 Å². The minimum Gasteiger partial charge on any atom is -0.493 e. The van der Waals surface area contributed by atoms with E-state index in [0.29, 0.717) is 12.0 Å². The van der Waals surface area contributed by atoms with Crippen LogP contribution < -0.4 is 15.4 Å². The Morgan fingerprint density at radius 2 is 2.05 bits per heavy atom. The maximum atomic E-state index is 5.52. The Kier molecular flexibility index (Phi) is 5.23. The number of fused-ring (bicyclic) bond motifs is 1. The van der Waals surface area contributed by atoms with E-state index in [-0.39, 0.29) is 0 Å². The second-order valence-electron chi connectivity index (χ2n) is 5.87. The molecule has 1 aliphatic heterocycles. The lowest BCUT2D eigenvalue weighted by molar-refractivity contribution is 0.357. The summed E-state index contributed by atoms with van der Waals surface area (Å²) in [6.07, 6.45) is 1.05. The molecule has 0 aliphatic carbocycles. The minimum absolute atomic E-state index is 0.489. The summed E-state index contributed by atoms with van der Waals surface area (Å²) in [5.74, 6) is 1.78. The zero-order valence-electron chi connectivity index (χ0n) is 12.3. The average Bonchev–Trinajstić information content (AvgIpc) is 2.83. The van der Waals surface area contributed by atoms with Gasteiger partial charge in [-0.2, -0.15) is 0 Å². The summed E-state index contributed by atoms with van der Waals surface area (Å²) < 4.78 is 5.52. The maximum absolute atomic E-state index is 5.52. The van der Waals surface area contributed by atoms with Crippen LogP contribution in [-0.4, -0.2) is 25.7 Å². The fourth-order valence-electron chi connectivity index (χ4n) is 2.30. The van der Waals surface area contributed by atoms with E-state index in [2.05, 4.69) is 49.6 Å². The molecule has 1 atom stereocenters. The first-order chi connectivity index (χ1) is 9.15. The second kappa shape index (κ2) is 6.92. The summed E-state index contributed by atoms with van der Waals surface area (Å²) in [6, 6.07) is 7.01. The predicted octanol–water partition coefficient (Wildman–Crippen LogP) is 2.35. The van der Waals surface area contributed by atoms with E-state index in [0.717, 1.165) is 38.4 Å². The van der Waals surface area contributed by atoms with Crippen LogP contribution in [0.4, 0.5) is 0 Å². The first-order valence-electron chi connectivity index (χ1n) is 7.34. The third-order valence-electron chi connectivity index (χ3n) is 3.41. The first-order valence-corrected chi connectivity index (χ1v) is 7.34. The molecule has 0 aromatic heterocycles. The van der Waals surface area contributed by atoms with Gasteiger partial charge in [0.15, 0.2) is 0 Å². The molecule has 19 heavy (non-hydrogen) atoms. The van der Waals surface area contributed by atoms with Gasteiger partial charge in [0.1, 0.15) is 5.75 Å². The van der Waals surface area contributed by atoms with Crippen molar-refractivity contribution in [2.45, 2.75) is 39.8 Å². The van der Waals surface area contributed by atoms with Crippen LogP contribution in [0.5, 0.6) is 5.75 Å². The van der Waals surface area contributed by atoms with Crippen molar-refractivity contribution in [1.29, 1.82) is 0 Å². The van der Waals surface area contributed by atoms with Crippen LogP contribution in [0.3, 0.4) is 0 Å². The largest absolute Gasteiger partial charge is 0.493 e. The number of nitrogens with one attached hydrogen (secondary N) is 2. The SMILES string of the molecule is CC(C)CNCC(C)NCc1ccc2c(c1)CCO2. The molecule has 0 radical (unpaired) electrons. The van der Waals surface area contributed by atoms with E-state index in [1.54, 1.807) is 0 Å². The zero-order valence-corrected chi connectivity index (χ0v) is 12.3. The van der Waals surface area contributed by atoms with E-state index in [1.807, 2.05) is 0 Å². The van der Waals surface area contributed by atoms with Gasteiger partial charge >= 0.3 is 0 Å². The predicted molar refractivity (Wildman–Crippen MR) is 79.7 cm³/mol. The van der Waals surface area contributed by atoms with E-state index in [4.69, 9.17) is 4.74 Å². The van der Waals surface area contributed by atoms with Gasteiger partial charge in [0.05, 0.1) is 6.61 Å². The van der Waals surface area contributed by atoms with E-state index in [9.17, 15) is 0 Å². The Morgan fingerprint density at radius 3 is 2.84 bits per heavy atom. The highest BCUT2D eigenvalue weighted by Gasteiger charge is 2.12. The molecule has 2 N–H and O–H groups in total. The molecule has 0 bridgehead atoms. The Labute approximate surface area is 116 Å². The van der Waals surface area contributed by atoms with Crippen molar-refractivity contribution >= 4 is 0 Å². The summed E-state index contributed by atoms with van der Waals surface area (Å²) in [4.78, 5) is 0. The summed E-state index contributed by atoms with van der Waals surface area (Å²) >= 11 is 0. The molecular weight excluding hydrogens is 236 g/mol. The Bertz CT molecular complexity index is 404.